The number of hydrogen-bond donors (Lipinski definition) is 0. The van der Waals surface area contributed by atoms with Gasteiger partial charge in [-0.15, -0.1) is 11.8 Å². The van der Waals surface area contributed by atoms with Crippen LogP contribution >= 0.6 is 11.8 Å². The van der Waals surface area contributed by atoms with Gasteiger partial charge in [-0.25, -0.2) is 0 Å². The molecular formula is C10H25NS. The van der Waals surface area contributed by atoms with Crippen molar-refractivity contribution in [1.29, 1.82) is 0 Å². The second-order valence-electron chi connectivity index (χ2n) is 1.24. The van der Waals surface area contributed by atoms with E-state index in [9.17, 15) is 0 Å². The number of rotatable bonds is 0. The standard InChI is InChI=1S/C4H7NS.3C2H6/c1-2-5-4-6-3-1;3*1-2/h4H,1-3H2;3*1-2H3. The van der Waals surface area contributed by atoms with Gasteiger partial charge in [-0.05, 0) is 6.42 Å². The highest BCUT2D eigenvalue weighted by atomic mass is 32.2. The van der Waals surface area contributed by atoms with Crippen molar-refractivity contribution >= 4 is 17.3 Å². The Kier molecular flexibility index (Phi) is 45.6. The van der Waals surface area contributed by atoms with E-state index in [0.29, 0.717) is 0 Å². The topological polar surface area (TPSA) is 12.4 Å². The molecule has 0 fully saturated rings. The average molecular weight is 191 g/mol. The van der Waals surface area contributed by atoms with Crippen LogP contribution in [0.4, 0.5) is 0 Å². The molecule has 12 heavy (non-hydrogen) atoms. The third kappa shape index (κ3) is 22.5. The first-order chi connectivity index (χ1) is 6.00. The third-order valence-electron chi connectivity index (χ3n) is 0.698. The Hall–Kier alpha value is 0.0200. The molecule has 2 heteroatoms. The van der Waals surface area contributed by atoms with Gasteiger partial charge in [0.05, 0.1) is 5.55 Å². The molecule has 0 radical (unpaired) electrons. The summed E-state index contributed by atoms with van der Waals surface area (Å²) < 4.78 is 0. The van der Waals surface area contributed by atoms with Crippen LogP contribution in [0.2, 0.25) is 0 Å². The molecule has 0 spiro atoms. The number of aliphatic imine (C=N–C) groups is 1. The van der Waals surface area contributed by atoms with Crippen molar-refractivity contribution in [3.63, 3.8) is 0 Å². The Bertz CT molecular complexity index is 54.9. The van der Waals surface area contributed by atoms with Gasteiger partial charge in [0.2, 0.25) is 0 Å². The average Bonchev–Trinajstić information content (AvgIpc) is 2.29. The quantitative estimate of drug-likeness (QED) is 0.558. The summed E-state index contributed by atoms with van der Waals surface area (Å²) in [5.74, 6) is 1.27. The molecule has 0 bridgehead atoms. The molecule has 0 aliphatic carbocycles. The monoisotopic (exact) mass is 191 g/mol. The molecule has 0 amide bonds. The first-order valence-corrected chi connectivity index (χ1v) is 6.15. The van der Waals surface area contributed by atoms with Crippen molar-refractivity contribution < 1.29 is 0 Å². The lowest BCUT2D eigenvalue weighted by molar-refractivity contribution is 0.944. The summed E-state index contributed by atoms with van der Waals surface area (Å²) in [5, 5.41) is 0. The number of nitrogens with zero attached hydrogens (tertiary/aromatic N) is 1. The molecule has 0 aromatic carbocycles. The van der Waals surface area contributed by atoms with Crippen molar-refractivity contribution in [3.8, 4) is 0 Å². The Labute approximate surface area is 83.1 Å². The highest BCUT2D eigenvalue weighted by Crippen LogP contribution is 2.02. The largest absolute Gasteiger partial charge is 0.286 e. The van der Waals surface area contributed by atoms with Crippen LogP contribution < -0.4 is 0 Å². The van der Waals surface area contributed by atoms with Crippen LogP contribution in [0.3, 0.4) is 0 Å². The predicted molar refractivity (Wildman–Crippen MR) is 64.5 cm³/mol. The molecule has 0 aromatic heterocycles. The molecule has 1 nitrogen and oxygen atoms in total. The maximum atomic E-state index is 4.02. The lowest BCUT2D eigenvalue weighted by atomic mass is 10.5. The van der Waals surface area contributed by atoms with E-state index < -0.39 is 0 Å². The molecule has 0 saturated carbocycles. The van der Waals surface area contributed by atoms with Crippen molar-refractivity contribution in [2.24, 2.45) is 4.99 Å². The summed E-state index contributed by atoms with van der Waals surface area (Å²) in [6.45, 7) is 13.0. The fourth-order valence-electron chi connectivity index (χ4n) is 0.397. The molecule has 1 aliphatic heterocycles. The smallest absolute Gasteiger partial charge is 0.0541 e. The summed E-state index contributed by atoms with van der Waals surface area (Å²) in [7, 11) is 0. The Morgan fingerprint density at radius 3 is 1.58 bits per heavy atom. The van der Waals surface area contributed by atoms with Crippen LogP contribution in [-0.2, 0) is 0 Å². The molecule has 76 valence electrons. The first kappa shape index (κ1) is 17.9. The maximum Gasteiger partial charge on any atom is 0.0541 e. The normalized spacial score (nSPS) is 12.2. The summed E-state index contributed by atoms with van der Waals surface area (Å²) in [4.78, 5) is 4.02. The van der Waals surface area contributed by atoms with Crippen LogP contribution in [0, 0.1) is 0 Å². The molecule has 0 aromatic rings. The molecule has 0 unspecified atom stereocenters. The lowest BCUT2D eigenvalue weighted by Gasteiger charge is -1.97. The van der Waals surface area contributed by atoms with E-state index in [2.05, 4.69) is 4.99 Å². The Balaban J connectivity index is -0.000000117. The zero-order valence-corrected chi connectivity index (χ0v) is 10.4. The third-order valence-corrected chi connectivity index (χ3v) is 1.52. The molecule has 0 saturated heterocycles. The molecule has 1 heterocycles. The van der Waals surface area contributed by atoms with Crippen molar-refractivity contribution in [2.45, 2.75) is 48.0 Å². The van der Waals surface area contributed by atoms with Crippen LogP contribution in [0.1, 0.15) is 48.0 Å². The van der Waals surface area contributed by atoms with Crippen LogP contribution in [-0.4, -0.2) is 17.8 Å². The van der Waals surface area contributed by atoms with Gasteiger partial charge in [-0.2, -0.15) is 0 Å². The SMILES string of the molecule is C1=NCCCS1.CC.CC.CC. The molecule has 0 N–H and O–H groups in total. The minimum absolute atomic E-state index is 1.05. The van der Waals surface area contributed by atoms with E-state index in [1.165, 1.54) is 12.2 Å². The van der Waals surface area contributed by atoms with Gasteiger partial charge >= 0.3 is 0 Å². The fourth-order valence-corrected chi connectivity index (χ4v) is 1.01. The highest BCUT2D eigenvalue weighted by Gasteiger charge is 1.88. The van der Waals surface area contributed by atoms with Crippen LogP contribution in [0.15, 0.2) is 4.99 Å². The summed E-state index contributed by atoms with van der Waals surface area (Å²) in [5.41, 5.74) is 1.93. The van der Waals surface area contributed by atoms with Gasteiger partial charge in [-0.3, -0.25) is 4.99 Å². The molecule has 0 atom stereocenters. The van der Waals surface area contributed by atoms with Crippen molar-refractivity contribution in [3.05, 3.63) is 0 Å². The van der Waals surface area contributed by atoms with E-state index in [-0.39, 0.29) is 0 Å². The van der Waals surface area contributed by atoms with Crippen molar-refractivity contribution in [1.82, 2.24) is 0 Å². The van der Waals surface area contributed by atoms with Crippen LogP contribution in [0.25, 0.3) is 0 Å². The highest BCUT2D eigenvalue weighted by molar-refractivity contribution is 8.12. The minimum Gasteiger partial charge on any atom is -0.286 e. The maximum absolute atomic E-state index is 4.02. The zero-order valence-electron chi connectivity index (χ0n) is 9.55. The zero-order chi connectivity index (χ0) is 10.2. The fraction of sp³-hybridized carbons (Fsp3) is 0.900. The number of hydrogen-bond acceptors (Lipinski definition) is 2. The van der Waals surface area contributed by atoms with E-state index in [0.717, 1.165) is 6.54 Å². The van der Waals surface area contributed by atoms with Gasteiger partial charge in [0.1, 0.15) is 0 Å². The summed E-state index contributed by atoms with van der Waals surface area (Å²) in [6, 6.07) is 0. The first-order valence-electron chi connectivity index (χ1n) is 5.10. The van der Waals surface area contributed by atoms with Gasteiger partial charge in [0.25, 0.3) is 0 Å². The Morgan fingerprint density at radius 1 is 1.00 bits per heavy atom. The van der Waals surface area contributed by atoms with E-state index in [1.54, 1.807) is 11.8 Å². The predicted octanol–water partition coefficient (Wildman–Crippen LogP) is 4.23. The summed E-state index contributed by atoms with van der Waals surface area (Å²) in [6.07, 6.45) is 1.27. The second-order valence-corrected chi connectivity index (χ2v) is 2.19. The van der Waals surface area contributed by atoms with E-state index in [4.69, 9.17) is 0 Å². The lowest BCUT2D eigenvalue weighted by Crippen LogP contribution is -1.89. The second kappa shape index (κ2) is 30.5. The van der Waals surface area contributed by atoms with Gasteiger partial charge in [-0.1, -0.05) is 41.5 Å². The summed E-state index contributed by atoms with van der Waals surface area (Å²) >= 11 is 1.80. The van der Waals surface area contributed by atoms with Gasteiger partial charge in [0.15, 0.2) is 0 Å². The molecule has 1 aliphatic rings. The number of thioether (sulfide) groups is 1. The van der Waals surface area contributed by atoms with Crippen LogP contribution in [0.5, 0.6) is 0 Å². The molecular weight excluding hydrogens is 166 g/mol. The van der Waals surface area contributed by atoms with Gasteiger partial charge < -0.3 is 0 Å². The minimum atomic E-state index is 1.05. The van der Waals surface area contributed by atoms with E-state index >= 15 is 0 Å². The van der Waals surface area contributed by atoms with E-state index in [1.807, 2.05) is 47.1 Å². The molecule has 1 rings (SSSR count). The van der Waals surface area contributed by atoms with Gasteiger partial charge in [0, 0.05) is 12.3 Å². The van der Waals surface area contributed by atoms with Crippen molar-refractivity contribution in [2.75, 3.05) is 12.3 Å². The Morgan fingerprint density at radius 2 is 1.50 bits per heavy atom.